The Morgan fingerprint density at radius 2 is 1.95 bits per heavy atom. The Labute approximate surface area is 113 Å². The van der Waals surface area contributed by atoms with E-state index in [0.29, 0.717) is 0 Å². The van der Waals surface area contributed by atoms with Gasteiger partial charge >= 0.3 is 0 Å². The first-order valence-corrected chi connectivity index (χ1v) is 7.80. The number of nitrogens with zero attached hydrogens (tertiary/aromatic N) is 1. The molecule has 1 fully saturated rings. The van der Waals surface area contributed by atoms with Crippen LogP contribution in [0.2, 0.25) is 0 Å². The van der Waals surface area contributed by atoms with E-state index in [1.165, 1.54) is 12.1 Å². The van der Waals surface area contributed by atoms with Crippen molar-refractivity contribution in [3.05, 3.63) is 29.8 Å². The molecule has 0 aromatic heterocycles. The standard InChI is InChI=1S/C13H17N3O2S/c14-9-10-5-1-4-8-13(10)19(17,18)16-12-7-3-2-6-11(12)15/h1,4-5,8,11-12,16H,2-3,6-7,15H2/t11-,12-/m1/s1. The van der Waals surface area contributed by atoms with Crippen molar-refractivity contribution in [3.8, 4) is 6.07 Å². The van der Waals surface area contributed by atoms with Gasteiger partial charge in [-0.05, 0) is 25.0 Å². The van der Waals surface area contributed by atoms with Gasteiger partial charge in [-0.15, -0.1) is 0 Å². The van der Waals surface area contributed by atoms with Crippen molar-refractivity contribution in [1.29, 1.82) is 5.26 Å². The van der Waals surface area contributed by atoms with Crippen molar-refractivity contribution in [1.82, 2.24) is 4.72 Å². The molecular weight excluding hydrogens is 262 g/mol. The molecule has 1 aliphatic carbocycles. The van der Waals surface area contributed by atoms with E-state index in [2.05, 4.69) is 4.72 Å². The van der Waals surface area contributed by atoms with E-state index < -0.39 is 10.0 Å². The number of nitrogens with two attached hydrogens (primary N) is 1. The zero-order valence-corrected chi connectivity index (χ0v) is 11.4. The third-order valence-corrected chi connectivity index (χ3v) is 4.97. The van der Waals surface area contributed by atoms with Crippen LogP contribution < -0.4 is 10.5 Å². The van der Waals surface area contributed by atoms with Crippen molar-refractivity contribution in [2.45, 2.75) is 42.7 Å². The molecule has 0 aliphatic heterocycles. The van der Waals surface area contributed by atoms with Crippen LogP contribution in [0.4, 0.5) is 0 Å². The predicted molar refractivity (Wildman–Crippen MR) is 71.7 cm³/mol. The Morgan fingerprint density at radius 3 is 2.63 bits per heavy atom. The largest absolute Gasteiger partial charge is 0.326 e. The van der Waals surface area contributed by atoms with Crippen molar-refractivity contribution in [2.75, 3.05) is 0 Å². The molecule has 0 radical (unpaired) electrons. The predicted octanol–water partition coefficient (Wildman–Crippen LogP) is 1.11. The van der Waals surface area contributed by atoms with Crippen LogP contribution in [-0.2, 0) is 10.0 Å². The molecule has 102 valence electrons. The molecule has 1 aromatic carbocycles. The van der Waals surface area contributed by atoms with Gasteiger partial charge in [0.1, 0.15) is 6.07 Å². The Bertz CT molecular complexity index is 592. The number of hydrogen-bond acceptors (Lipinski definition) is 4. The molecule has 0 saturated heterocycles. The van der Waals surface area contributed by atoms with Crippen molar-refractivity contribution >= 4 is 10.0 Å². The normalized spacial score (nSPS) is 23.8. The minimum atomic E-state index is -3.69. The monoisotopic (exact) mass is 279 g/mol. The van der Waals surface area contributed by atoms with Gasteiger partial charge in [-0.25, -0.2) is 13.1 Å². The Hall–Kier alpha value is -1.42. The number of nitrogens with one attached hydrogen (secondary N) is 1. The van der Waals surface area contributed by atoms with Gasteiger partial charge in [-0.2, -0.15) is 5.26 Å². The molecule has 1 aliphatic rings. The molecule has 2 atom stereocenters. The highest BCUT2D eigenvalue weighted by Crippen LogP contribution is 2.20. The fourth-order valence-electron chi connectivity index (χ4n) is 2.36. The SMILES string of the molecule is N#Cc1ccccc1S(=O)(=O)N[C@@H]1CCCC[C@H]1N. The summed E-state index contributed by atoms with van der Waals surface area (Å²) in [6.45, 7) is 0. The Morgan fingerprint density at radius 1 is 1.26 bits per heavy atom. The van der Waals surface area contributed by atoms with E-state index in [4.69, 9.17) is 11.0 Å². The third-order valence-electron chi connectivity index (χ3n) is 3.42. The number of rotatable bonds is 3. The second-order valence-corrected chi connectivity index (χ2v) is 6.47. The molecule has 0 unspecified atom stereocenters. The molecule has 0 amide bonds. The van der Waals surface area contributed by atoms with Gasteiger partial charge < -0.3 is 5.73 Å². The fraction of sp³-hybridized carbons (Fsp3) is 0.462. The van der Waals surface area contributed by atoms with Crippen molar-refractivity contribution < 1.29 is 8.42 Å². The van der Waals surface area contributed by atoms with Crippen LogP contribution in [0, 0.1) is 11.3 Å². The first-order valence-electron chi connectivity index (χ1n) is 6.31. The summed E-state index contributed by atoms with van der Waals surface area (Å²) in [4.78, 5) is 0.0234. The third kappa shape index (κ3) is 3.13. The lowest BCUT2D eigenvalue weighted by Gasteiger charge is -2.29. The smallest absolute Gasteiger partial charge is 0.242 e. The fourth-order valence-corrected chi connectivity index (χ4v) is 3.84. The number of sulfonamides is 1. The topological polar surface area (TPSA) is 96.0 Å². The highest BCUT2D eigenvalue weighted by Gasteiger charge is 2.28. The summed E-state index contributed by atoms with van der Waals surface area (Å²) < 4.78 is 27.2. The average molecular weight is 279 g/mol. The maximum atomic E-state index is 12.3. The zero-order chi connectivity index (χ0) is 13.9. The molecule has 3 N–H and O–H groups in total. The average Bonchev–Trinajstić information content (AvgIpc) is 2.41. The van der Waals surface area contributed by atoms with Crippen LogP contribution in [0.15, 0.2) is 29.2 Å². The van der Waals surface area contributed by atoms with Gasteiger partial charge in [-0.3, -0.25) is 0 Å². The summed E-state index contributed by atoms with van der Waals surface area (Å²) in [6, 6.07) is 7.69. The summed E-state index contributed by atoms with van der Waals surface area (Å²) in [6.07, 6.45) is 3.58. The van der Waals surface area contributed by atoms with Crippen molar-refractivity contribution in [2.24, 2.45) is 5.73 Å². The number of hydrogen-bond donors (Lipinski definition) is 2. The van der Waals surface area contributed by atoms with E-state index in [0.717, 1.165) is 25.7 Å². The molecule has 19 heavy (non-hydrogen) atoms. The highest BCUT2D eigenvalue weighted by molar-refractivity contribution is 7.89. The Balaban J connectivity index is 2.25. The maximum Gasteiger partial charge on any atom is 0.242 e. The zero-order valence-electron chi connectivity index (χ0n) is 10.5. The molecule has 6 heteroatoms. The molecule has 0 bridgehead atoms. The Kier molecular flexibility index (Phi) is 4.20. The summed E-state index contributed by atoms with van der Waals surface area (Å²) in [5.41, 5.74) is 6.10. The van der Waals surface area contributed by atoms with Gasteiger partial charge in [0.15, 0.2) is 0 Å². The molecule has 1 aromatic rings. The van der Waals surface area contributed by atoms with Crippen LogP contribution in [0.25, 0.3) is 0 Å². The van der Waals surface area contributed by atoms with Gasteiger partial charge in [-0.1, -0.05) is 25.0 Å². The lowest BCUT2D eigenvalue weighted by Crippen LogP contribution is -2.49. The lowest BCUT2D eigenvalue weighted by molar-refractivity contribution is 0.361. The summed E-state index contributed by atoms with van der Waals surface area (Å²) in [5, 5.41) is 8.97. The van der Waals surface area contributed by atoms with E-state index in [1.54, 1.807) is 12.1 Å². The van der Waals surface area contributed by atoms with E-state index >= 15 is 0 Å². The second kappa shape index (κ2) is 5.70. The molecule has 0 spiro atoms. The molecular formula is C13H17N3O2S. The van der Waals surface area contributed by atoms with Crippen LogP contribution in [-0.4, -0.2) is 20.5 Å². The first kappa shape index (κ1) is 14.0. The van der Waals surface area contributed by atoms with E-state index in [1.807, 2.05) is 6.07 Å². The maximum absolute atomic E-state index is 12.3. The van der Waals surface area contributed by atoms with Gasteiger partial charge in [0, 0.05) is 12.1 Å². The van der Waals surface area contributed by atoms with Crippen LogP contribution in [0.1, 0.15) is 31.2 Å². The minimum Gasteiger partial charge on any atom is -0.326 e. The molecule has 1 saturated carbocycles. The number of benzene rings is 1. The summed E-state index contributed by atoms with van der Waals surface area (Å²) in [7, 11) is -3.69. The van der Waals surface area contributed by atoms with Gasteiger partial charge in [0.25, 0.3) is 0 Å². The highest BCUT2D eigenvalue weighted by atomic mass is 32.2. The second-order valence-electron chi connectivity index (χ2n) is 4.78. The van der Waals surface area contributed by atoms with Gasteiger partial charge in [0.2, 0.25) is 10.0 Å². The molecule has 5 nitrogen and oxygen atoms in total. The van der Waals surface area contributed by atoms with Crippen LogP contribution in [0.3, 0.4) is 0 Å². The lowest BCUT2D eigenvalue weighted by atomic mass is 9.92. The summed E-state index contributed by atoms with van der Waals surface area (Å²) >= 11 is 0. The molecule has 2 rings (SSSR count). The minimum absolute atomic E-state index is 0.0234. The molecule has 0 heterocycles. The van der Waals surface area contributed by atoms with Crippen LogP contribution in [0.5, 0.6) is 0 Å². The van der Waals surface area contributed by atoms with Crippen LogP contribution >= 0.6 is 0 Å². The van der Waals surface area contributed by atoms with Gasteiger partial charge in [0.05, 0.1) is 10.5 Å². The van der Waals surface area contributed by atoms with E-state index in [-0.39, 0.29) is 22.5 Å². The summed E-state index contributed by atoms with van der Waals surface area (Å²) in [5.74, 6) is 0. The quantitative estimate of drug-likeness (QED) is 0.866. The van der Waals surface area contributed by atoms with Crippen molar-refractivity contribution in [3.63, 3.8) is 0 Å². The number of nitriles is 1. The first-order chi connectivity index (χ1) is 9.04. The van der Waals surface area contributed by atoms with E-state index in [9.17, 15) is 8.42 Å².